The second-order valence-corrected chi connectivity index (χ2v) is 6.86. The molecule has 1 unspecified atom stereocenters. The first-order chi connectivity index (χ1) is 8.11. The molecule has 1 saturated heterocycles. The summed E-state index contributed by atoms with van der Waals surface area (Å²) in [5, 5.41) is 3.00. The van der Waals surface area contributed by atoms with Crippen LogP contribution in [0.3, 0.4) is 0 Å². The van der Waals surface area contributed by atoms with Crippen molar-refractivity contribution in [2.45, 2.75) is 51.5 Å². The van der Waals surface area contributed by atoms with E-state index in [2.05, 4.69) is 12.2 Å². The molecule has 4 nitrogen and oxygen atoms in total. The van der Waals surface area contributed by atoms with Crippen molar-refractivity contribution in [2.24, 2.45) is 0 Å². The van der Waals surface area contributed by atoms with E-state index in [4.69, 9.17) is 0 Å². The average molecular weight is 262 g/mol. The Balaban J connectivity index is 2.59. The molecular formula is C12H26N2O2S. The van der Waals surface area contributed by atoms with Crippen LogP contribution >= 0.6 is 0 Å². The average Bonchev–Trinajstić information content (AvgIpc) is 2.30. The molecule has 0 spiro atoms. The third-order valence-electron chi connectivity index (χ3n) is 3.38. The van der Waals surface area contributed by atoms with Gasteiger partial charge in [0.1, 0.15) is 0 Å². The number of sulfonamides is 1. The van der Waals surface area contributed by atoms with Crippen LogP contribution in [0.15, 0.2) is 0 Å². The van der Waals surface area contributed by atoms with Gasteiger partial charge in [-0.25, -0.2) is 8.42 Å². The number of nitrogens with one attached hydrogen (secondary N) is 1. The minimum atomic E-state index is -3.03. The van der Waals surface area contributed by atoms with Crippen LogP contribution in [0.4, 0.5) is 0 Å². The lowest BCUT2D eigenvalue weighted by atomic mass is 10.0. The van der Waals surface area contributed by atoms with Crippen LogP contribution in [-0.4, -0.2) is 44.7 Å². The van der Waals surface area contributed by atoms with E-state index >= 15 is 0 Å². The van der Waals surface area contributed by atoms with Crippen molar-refractivity contribution in [1.82, 2.24) is 9.62 Å². The molecule has 1 rings (SSSR count). The highest BCUT2D eigenvalue weighted by atomic mass is 32.2. The molecule has 0 aromatic heterocycles. The largest absolute Gasteiger partial charge is 0.320 e. The molecule has 17 heavy (non-hydrogen) atoms. The topological polar surface area (TPSA) is 49.4 Å². The summed E-state index contributed by atoms with van der Waals surface area (Å²) in [6.07, 6.45) is 6.00. The van der Waals surface area contributed by atoms with E-state index < -0.39 is 10.0 Å². The van der Waals surface area contributed by atoms with E-state index in [9.17, 15) is 8.42 Å². The molecule has 0 amide bonds. The van der Waals surface area contributed by atoms with Gasteiger partial charge >= 0.3 is 0 Å². The fraction of sp³-hybridized carbons (Fsp3) is 1.00. The Morgan fingerprint density at radius 3 is 2.76 bits per heavy atom. The van der Waals surface area contributed by atoms with Crippen molar-refractivity contribution >= 4 is 10.0 Å². The Morgan fingerprint density at radius 1 is 1.35 bits per heavy atom. The van der Waals surface area contributed by atoms with E-state index in [1.165, 1.54) is 6.42 Å². The van der Waals surface area contributed by atoms with Crippen molar-refractivity contribution < 1.29 is 8.42 Å². The summed E-state index contributed by atoms with van der Waals surface area (Å²) in [6, 6.07) is 0.258. The minimum absolute atomic E-state index is 0.258. The van der Waals surface area contributed by atoms with E-state index in [1.54, 1.807) is 4.31 Å². The standard InChI is InChI=1S/C12H26N2O2S/c1-3-7-12-8-4-5-10-14(12)17(15,16)11-6-9-13-2/h12-13H,3-11H2,1-2H3. The van der Waals surface area contributed by atoms with Gasteiger partial charge in [-0.05, 0) is 39.3 Å². The molecule has 0 saturated carbocycles. The Labute approximate surface area is 106 Å². The van der Waals surface area contributed by atoms with Crippen LogP contribution in [0.25, 0.3) is 0 Å². The van der Waals surface area contributed by atoms with Gasteiger partial charge in [0.25, 0.3) is 0 Å². The zero-order valence-electron chi connectivity index (χ0n) is 11.1. The quantitative estimate of drug-likeness (QED) is 0.709. The van der Waals surface area contributed by atoms with Crippen molar-refractivity contribution in [3.05, 3.63) is 0 Å². The maximum absolute atomic E-state index is 12.2. The first kappa shape index (κ1) is 14.9. The number of rotatable bonds is 7. The van der Waals surface area contributed by atoms with Crippen molar-refractivity contribution in [3.8, 4) is 0 Å². The summed E-state index contributed by atoms with van der Waals surface area (Å²) in [6.45, 7) is 3.62. The Hall–Kier alpha value is -0.130. The molecule has 1 fully saturated rings. The van der Waals surface area contributed by atoms with Gasteiger partial charge < -0.3 is 5.32 Å². The lowest BCUT2D eigenvalue weighted by Crippen LogP contribution is -2.44. The third-order valence-corrected chi connectivity index (χ3v) is 5.38. The summed E-state index contributed by atoms with van der Waals surface area (Å²) in [7, 11) is -1.18. The molecule has 5 heteroatoms. The molecule has 0 aromatic carbocycles. The minimum Gasteiger partial charge on any atom is -0.320 e. The van der Waals surface area contributed by atoms with Gasteiger partial charge in [0.15, 0.2) is 0 Å². The Bertz CT molecular complexity index is 302. The summed E-state index contributed by atoms with van der Waals surface area (Å²) in [5.74, 6) is 0.286. The smallest absolute Gasteiger partial charge is 0.214 e. The van der Waals surface area contributed by atoms with Crippen LogP contribution in [0.1, 0.15) is 45.4 Å². The fourth-order valence-corrected chi connectivity index (χ4v) is 4.33. The fourth-order valence-electron chi connectivity index (χ4n) is 2.51. The first-order valence-electron chi connectivity index (χ1n) is 6.76. The second kappa shape index (κ2) is 7.34. The normalized spacial score (nSPS) is 22.8. The van der Waals surface area contributed by atoms with E-state index in [1.807, 2.05) is 7.05 Å². The highest BCUT2D eigenvalue weighted by molar-refractivity contribution is 7.89. The van der Waals surface area contributed by atoms with Gasteiger partial charge in [-0.2, -0.15) is 4.31 Å². The van der Waals surface area contributed by atoms with Crippen LogP contribution in [0.5, 0.6) is 0 Å². The van der Waals surface area contributed by atoms with Gasteiger partial charge in [-0.3, -0.25) is 0 Å². The van der Waals surface area contributed by atoms with Crippen molar-refractivity contribution in [2.75, 3.05) is 25.9 Å². The molecule has 1 aliphatic rings. The molecule has 1 N–H and O–H groups in total. The number of hydrogen-bond donors (Lipinski definition) is 1. The lowest BCUT2D eigenvalue weighted by Gasteiger charge is -2.34. The molecule has 0 radical (unpaired) electrons. The van der Waals surface area contributed by atoms with E-state index in [-0.39, 0.29) is 11.8 Å². The molecule has 102 valence electrons. The monoisotopic (exact) mass is 262 g/mol. The predicted molar refractivity (Wildman–Crippen MR) is 71.6 cm³/mol. The predicted octanol–water partition coefficient (Wildman–Crippen LogP) is 1.58. The summed E-state index contributed by atoms with van der Waals surface area (Å²) < 4.78 is 26.3. The number of nitrogens with zero attached hydrogens (tertiary/aromatic N) is 1. The molecular weight excluding hydrogens is 236 g/mol. The number of piperidine rings is 1. The summed E-state index contributed by atoms with van der Waals surface area (Å²) in [5.41, 5.74) is 0. The maximum atomic E-state index is 12.2. The molecule has 0 aliphatic carbocycles. The maximum Gasteiger partial charge on any atom is 0.214 e. The third kappa shape index (κ3) is 4.56. The molecule has 0 aromatic rings. The summed E-state index contributed by atoms with van der Waals surface area (Å²) >= 11 is 0. The molecule has 1 atom stereocenters. The van der Waals surface area contributed by atoms with Gasteiger partial charge in [-0.1, -0.05) is 19.8 Å². The van der Waals surface area contributed by atoms with Crippen LogP contribution in [0.2, 0.25) is 0 Å². The zero-order valence-corrected chi connectivity index (χ0v) is 11.9. The van der Waals surface area contributed by atoms with E-state index in [0.29, 0.717) is 6.42 Å². The molecule has 1 aliphatic heterocycles. The highest BCUT2D eigenvalue weighted by Crippen LogP contribution is 2.24. The van der Waals surface area contributed by atoms with Gasteiger partial charge in [0.2, 0.25) is 10.0 Å². The zero-order chi connectivity index (χ0) is 12.7. The first-order valence-corrected chi connectivity index (χ1v) is 8.37. The van der Waals surface area contributed by atoms with Crippen molar-refractivity contribution in [1.29, 1.82) is 0 Å². The van der Waals surface area contributed by atoms with Gasteiger partial charge in [0.05, 0.1) is 5.75 Å². The second-order valence-electron chi connectivity index (χ2n) is 4.82. The Kier molecular flexibility index (Phi) is 6.44. The van der Waals surface area contributed by atoms with Crippen LogP contribution < -0.4 is 5.32 Å². The SMILES string of the molecule is CCCC1CCCCN1S(=O)(=O)CCCNC. The van der Waals surface area contributed by atoms with Crippen molar-refractivity contribution in [3.63, 3.8) is 0 Å². The van der Waals surface area contributed by atoms with Gasteiger partial charge in [0, 0.05) is 12.6 Å². The number of hydrogen-bond acceptors (Lipinski definition) is 3. The van der Waals surface area contributed by atoms with Crippen LogP contribution in [-0.2, 0) is 10.0 Å². The van der Waals surface area contributed by atoms with Crippen LogP contribution in [0, 0.1) is 0 Å². The highest BCUT2D eigenvalue weighted by Gasteiger charge is 2.30. The Morgan fingerprint density at radius 2 is 2.12 bits per heavy atom. The summed E-state index contributed by atoms with van der Waals surface area (Å²) in [4.78, 5) is 0. The lowest BCUT2D eigenvalue weighted by molar-refractivity contribution is 0.239. The van der Waals surface area contributed by atoms with E-state index in [0.717, 1.165) is 38.8 Å². The molecule has 0 bridgehead atoms. The molecule has 1 heterocycles. The van der Waals surface area contributed by atoms with Gasteiger partial charge in [-0.15, -0.1) is 0 Å².